The van der Waals surface area contributed by atoms with Gasteiger partial charge in [0.2, 0.25) is 11.8 Å². The van der Waals surface area contributed by atoms with Crippen molar-refractivity contribution < 1.29 is 27.1 Å². The number of carbonyl (C=O) groups excluding carboxylic acids is 2. The van der Waals surface area contributed by atoms with Crippen molar-refractivity contribution in [2.75, 3.05) is 24.7 Å². The zero-order chi connectivity index (χ0) is 22.6. The molecule has 3 N–H and O–H groups in total. The first-order valence-electron chi connectivity index (χ1n) is 8.99. The second kappa shape index (κ2) is 9.86. The normalized spacial score (nSPS) is 18.9. The third-order valence-corrected chi connectivity index (χ3v) is 7.77. The highest BCUT2D eigenvalue weighted by Gasteiger charge is 2.38. The Hall–Kier alpha value is -2.34. The monoisotopic (exact) mass is 487 g/mol. The number of benzene rings is 2. The summed E-state index contributed by atoms with van der Waals surface area (Å²) in [6.45, 7) is -0.130. The molecule has 1 heterocycles. The summed E-state index contributed by atoms with van der Waals surface area (Å²) in [6, 6.07) is 9.29. The van der Waals surface area contributed by atoms with Gasteiger partial charge < -0.3 is 15.4 Å². The van der Waals surface area contributed by atoms with E-state index in [1.807, 2.05) is 0 Å². The van der Waals surface area contributed by atoms with Crippen molar-refractivity contribution >= 4 is 50.7 Å². The summed E-state index contributed by atoms with van der Waals surface area (Å²) in [7, 11) is -2.58. The van der Waals surface area contributed by atoms with Crippen LogP contribution in [-0.2, 0) is 19.4 Å². The van der Waals surface area contributed by atoms with Crippen LogP contribution < -0.4 is 20.7 Å². The van der Waals surface area contributed by atoms with Gasteiger partial charge >= 0.3 is 0 Å². The number of thioether (sulfide) groups is 1. The molecule has 2 aromatic rings. The fourth-order valence-electron chi connectivity index (χ4n) is 2.81. The van der Waals surface area contributed by atoms with Gasteiger partial charge in [0, 0.05) is 12.2 Å². The Morgan fingerprint density at radius 1 is 1.29 bits per heavy atom. The van der Waals surface area contributed by atoms with Crippen molar-refractivity contribution in [3.63, 3.8) is 0 Å². The zero-order valence-corrected chi connectivity index (χ0v) is 18.6. The van der Waals surface area contributed by atoms with E-state index in [1.54, 1.807) is 0 Å². The first kappa shape index (κ1) is 23.3. The second-order valence-electron chi connectivity index (χ2n) is 6.49. The molecule has 0 aromatic heterocycles. The van der Waals surface area contributed by atoms with Crippen LogP contribution in [0.5, 0.6) is 5.75 Å². The third-order valence-electron chi connectivity index (χ3n) is 4.39. The lowest BCUT2D eigenvalue weighted by atomic mass is 10.3. The molecule has 2 aromatic carbocycles. The predicted molar refractivity (Wildman–Crippen MR) is 116 cm³/mol. The number of amides is 2. The number of methoxy groups -OCH3 is 1. The lowest BCUT2D eigenvalue weighted by molar-refractivity contribution is -0.122. The van der Waals surface area contributed by atoms with E-state index in [9.17, 15) is 22.4 Å². The molecule has 3 rings (SSSR count). The average molecular weight is 488 g/mol. The van der Waals surface area contributed by atoms with Crippen molar-refractivity contribution in [2.45, 2.75) is 15.6 Å². The molecule has 0 saturated carbocycles. The molecule has 2 amide bonds. The van der Waals surface area contributed by atoms with Gasteiger partial charge in [-0.3, -0.25) is 14.9 Å². The van der Waals surface area contributed by atoms with Gasteiger partial charge in [0.05, 0.1) is 22.8 Å². The molecular formula is C19H19ClFN3O5S2. The van der Waals surface area contributed by atoms with Gasteiger partial charge in [-0.05, 0) is 42.5 Å². The molecular weight excluding hydrogens is 469 g/mol. The minimum atomic E-state index is -3.99. The maximum absolute atomic E-state index is 12.9. The maximum Gasteiger partial charge on any atom is 0.241 e. The standard InChI is InChI=1S/C19H19ClFN3O5S2/c1-29-15-7-6-13(8-14(15)20)31(27,28)16-9-22-19(24-18(16)26)30-10-17(25)23-12-4-2-11(21)3-5-12/h2-8,16,19,22H,9-10H2,1H3,(H,23,25)(H,24,26). The van der Waals surface area contributed by atoms with Crippen molar-refractivity contribution in [2.24, 2.45) is 0 Å². The van der Waals surface area contributed by atoms with Crippen LogP contribution in [0.2, 0.25) is 5.02 Å². The molecule has 1 aliphatic rings. The number of nitrogens with one attached hydrogen (secondary N) is 3. The van der Waals surface area contributed by atoms with Crippen LogP contribution in [0.3, 0.4) is 0 Å². The summed E-state index contributed by atoms with van der Waals surface area (Å²) in [5.41, 5.74) is -0.200. The van der Waals surface area contributed by atoms with Crippen molar-refractivity contribution in [1.29, 1.82) is 0 Å². The Morgan fingerprint density at radius 3 is 2.61 bits per heavy atom. The Balaban J connectivity index is 1.56. The molecule has 0 radical (unpaired) electrons. The van der Waals surface area contributed by atoms with Crippen LogP contribution in [0.4, 0.5) is 10.1 Å². The fraction of sp³-hybridized carbons (Fsp3) is 0.263. The lowest BCUT2D eigenvalue weighted by Crippen LogP contribution is -2.59. The predicted octanol–water partition coefficient (Wildman–Crippen LogP) is 2.00. The van der Waals surface area contributed by atoms with E-state index in [2.05, 4.69) is 16.0 Å². The molecule has 8 nitrogen and oxygen atoms in total. The number of carbonyl (C=O) groups is 2. The molecule has 0 aliphatic carbocycles. The van der Waals surface area contributed by atoms with Crippen molar-refractivity contribution in [3.05, 3.63) is 53.3 Å². The van der Waals surface area contributed by atoms with E-state index in [0.717, 1.165) is 11.8 Å². The number of hydrogen-bond donors (Lipinski definition) is 3. The fourth-order valence-corrected chi connectivity index (χ4v) is 5.47. The Morgan fingerprint density at radius 2 is 2.00 bits per heavy atom. The first-order valence-corrected chi connectivity index (χ1v) is 12.0. The molecule has 31 heavy (non-hydrogen) atoms. The summed E-state index contributed by atoms with van der Waals surface area (Å²) in [6.07, 6.45) is 0. The minimum Gasteiger partial charge on any atom is -0.495 e. The molecule has 0 bridgehead atoms. The van der Waals surface area contributed by atoms with E-state index in [0.29, 0.717) is 11.4 Å². The summed E-state index contributed by atoms with van der Waals surface area (Å²) < 4.78 is 43.6. The molecule has 166 valence electrons. The van der Waals surface area contributed by atoms with Crippen LogP contribution in [0.25, 0.3) is 0 Å². The van der Waals surface area contributed by atoms with Gasteiger partial charge in [0.15, 0.2) is 15.1 Å². The van der Waals surface area contributed by atoms with Crippen LogP contribution >= 0.6 is 23.4 Å². The Bertz CT molecular complexity index is 1080. The number of halogens is 2. The van der Waals surface area contributed by atoms with Gasteiger partial charge in [0.25, 0.3) is 0 Å². The van der Waals surface area contributed by atoms with Crippen LogP contribution in [0.15, 0.2) is 47.4 Å². The second-order valence-corrected chi connectivity index (χ2v) is 10.1. The van der Waals surface area contributed by atoms with Crippen LogP contribution in [0, 0.1) is 5.82 Å². The van der Waals surface area contributed by atoms with Crippen molar-refractivity contribution in [3.8, 4) is 5.75 Å². The molecule has 1 saturated heterocycles. The Kier molecular flexibility index (Phi) is 7.42. The number of ether oxygens (including phenoxy) is 1. The summed E-state index contributed by atoms with van der Waals surface area (Å²) in [5, 5.41) is 6.83. The van der Waals surface area contributed by atoms with E-state index in [4.69, 9.17) is 16.3 Å². The zero-order valence-electron chi connectivity index (χ0n) is 16.2. The quantitative estimate of drug-likeness (QED) is 0.547. The van der Waals surface area contributed by atoms with Gasteiger partial charge in [-0.1, -0.05) is 11.6 Å². The van der Waals surface area contributed by atoms with Crippen molar-refractivity contribution in [1.82, 2.24) is 10.6 Å². The maximum atomic E-state index is 12.9. The van der Waals surface area contributed by atoms with E-state index < -0.39 is 32.3 Å². The van der Waals surface area contributed by atoms with Gasteiger partial charge in [-0.15, -0.1) is 11.8 Å². The third kappa shape index (κ3) is 5.67. The van der Waals surface area contributed by atoms with Gasteiger partial charge in [0.1, 0.15) is 17.1 Å². The summed E-state index contributed by atoms with van der Waals surface area (Å²) >= 11 is 7.09. The molecule has 0 spiro atoms. The highest BCUT2D eigenvalue weighted by Crippen LogP contribution is 2.29. The molecule has 2 unspecified atom stereocenters. The van der Waals surface area contributed by atoms with Gasteiger partial charge in [-0.25, -0.2) is 12.8 Å². The molecule has 1 aliphatic heterocycles. The van der Waals surface area contributed by atoms with Crippen LogP contribution in [0.1, 0.15) is 0 Å². The number of sulfone groups is 1. The summed E-state index contributed by atoms with van der Waals surface area (Å²) in [5.74, 6) is -1.14. The number of hydrogen-bond acceptors (Lipinski definition) is 7. The summed E-state index contributed by atoms with van der Waals surface area (Å²) in [4.78, 5) is 24.4. The van der Waals surface area contributed by atoms with E-state index in [1.165, 1.54) is 49.6 Å². The van der Waals surface area contributed by atoms with E-state index in [-0.39, 0.29) is 28.1 Å². The van der Waals surface area contributed by atoms with E-state index >= 15 is 0 Å². The van der Waals surface area contributed by atoms with Gasteiger partial charge in [-0.2, -0.15) is 0 Å². The highest BCUT2D eigenvalue weighted by atomic mass is 35.5. The smallest absolute Gasteiger partial charge is 0.241 e. The topological polar surface area (TPSA) is 114 Å². The SMILES string of the molecule is COc1ccc(S(=O)(=O)C2CNC(SCC(=O)Nc3ccc(F)cc3)NC2=O)cc1Cl. The first-order chi connectivity index (χ1) is 14.7. The Labute approximate surface area is 187 Å². The lowest BCUT2D eigenvalue weighted by Gasteiger charge is -2.29. The molecule has 12 heteroatoms. The number of rotatable bonds is 7. The molecule has 2 atom stereocenters. The number of anilines is 1. The largest absolute Gasteiger partial charge is 0.495 e. The highest BCUT2D eigenvalue weighted by molar-refractivity contribution is 8.00. The average Bonchev–Trinajstić information content (AvgIpc) is 2.73. The molecule has 1 fully saturated rings. The van der Waals surface area contributed by atoms with Crippen LogP contribution in [-0.4, -0.2) is 50.4 Å². The minimum absolute atomic E-state index is 0.0131.